The molecule has 3 aromatic heterocycles. The SMILES string of the molecule is Cc1cn2cc(NC(=O)c3cnc(N4CC(CNC5CC5)C4)cn3)cc(Cl)c2n1. The molecular formula is C20H22ClN7O. The molecule has 0 unspecified atom stereocenters. The Bertz CT molecular complexity index is 1050. The predicted molar refractivity (Wildman–Crippen MR) is 112 cm³/mol. The average molecular weight is 412 g/mol. The summed E-state index contributed by atoms with van der Waals surface area (Å²) in [4.78, 5) is 27.8. The molecule has 0 radical (unpaired) electrons. The normalized spacial score (nSPS) is 16.8. The highest BCUT2D eigenvalue weighted by atomic mass is 35.5. The van der Waals surface area contributed by atoms with Crippen LogP contribution >= 0.6 is 11.6 Å². The zero-order valence-corrected chi connectivity index (χ0v) is 16.9. The highest BCUT2D eigenvalue weighted by Gasteiger charge is 2.30. The van der Waals surface area contributed by atoms with Crippen molar-refractivity contribution in [2.45, 2.75) is 25.8 Å². The molecule has 1 saturated carbocycles. The number of carbonyl (C=O) groups excluding carboxylic acids is 1. The Morgan fingerprint density at radius 1 is 1.24 bits per heavy atom. The zero-order valence-electron chi connectivity index (χ0n) is 16.1. The number of amides is 1. The van der Waals surface area contributed by atoms with Crippen molar-refractivity contribution in [1.82, 2.24) is 24.7 Å². The Morgan fingerprint density at radius 3 is 2.79 bits per heavy atom. The lowest BCUT2D eigenvalue weighted by Gasteiger charge is -2.40. The first-order valence-electron chi connectivity index (χ1n) is 9.82. The van der Waals surface area contributed by atoms with E-state index in [4.69, 9.17) is 11.6 Å². The minimum atomic E-state index is -0.327. The van der Waals surface area contributed by atoms with Gasteiger partial charge in [-0.3, -0.25) is 4.79 Å². The van der Waals surface area contributed by atoms with Gasteiger partial charge in [0.15, 0.2) is 5.65 Å². The molecule has 4 heterocycles. The zero-order chi connectivity index (χ0) is 20.0. The number of rotatable bonds is 6. The maximum absolute atomic E-state index is 12.5. The number of fused-ring (bicyclic) bond motifs is 1. The largest absolute Gasteiger partial charge is 0.355 e. The van der Waals surface area contributed by atoms with Gasteiger partial charge in [0.2, 0.25) is 0 Å². The molecule has 0 aromatic carbocycles. The first-order chi connectivity index (χ1) is 14.0. The van der Waals surface area contributed by atoms with Gasteiger partial charge in [0.25, 0.3) is 5.91 Å². The van der Waals surface area contributed by atoms with Crippen LogP contribution in [-0.4, -0.2) is 50.9 Å². The van der Waals surface area contributed by atoms with E-state index in [9.17, 15) is 4.79 Å². The second-order valence-corrected chi connectivity index (χ2v) is 8.26. The molecular weight excluding hydrogens is 390 g/mol. The van der Waals surface area contributed by atoms with Gasteiger partial charge in [-0.1, -0.05) is 11.6 Å². The number of carbonyl (C=O) groups is 1. The van der Waals surface area contributed by atoms with Gasteiger partial charge < -0.3 is 19.9 Å². The summed E-state index contributed by atoms with van der Waals surface area (Å²) in [5.41, 5.74) is 2.35. The fraction of sp³-hybridized carbons (Fsp3) is 0.400. The maximum Gasteiger partial charge on any atom is 0.275 e. The molecule has 9 heteroatoms. The lowest BCUT2D eigenvalue weighted by Crippen LogP contribution is -2.51. The van der Waals surface area contributed by atoms with E-state index in [1.54, 1.807) is 22.9 Å². The summed E-state index contributed by atoms with van der Waals surface area (Å²) in [6, 6.07) is 2.42. The van der Waals surface area contributed by atoms with Crippen molar-refractivity contribution in [1.29, 1.82) is 0 Å². The Morgan fingerprint density at radius 2 is 2.07 bits per heavy atom. The van der Waals surface area contributed by atoms with Crippen LogP contribution in [0, 0.1) is 12.8 Å². The van der Waals surface area contributed by atoms with Gasteiger partial charge in [-0.2, -0.15) is 0 Å². The molecule has 2 fully saturated rings. The van der Waals surface area contributed by atoms with E-state index in [0.717, 1.165) is 37.2 Å². The third kappa shape index (κ3) is 3.90. The van der Waals surface area contributed by atoms with Crippen molar-refractivity contribution in [3.8, 4) is 0 Å². The van der Waals surface area contributed by atoms with E-state index in [0.29, 0.717) is 22.3 Å². The summed E-state index contributed by atoms with van der Waals surface area (Å²) >= 11 is 6.27. The molecule has 1 saturated heterocycles. The third-order valence-electron chi connectivity index (χ3n) is 5.31. The van der Waals surface area contributed by atoms with Crippen LogP contribution < -0.4 is 15.5 Å². The summed E-state index contributed by atoms with van der Waals surface area (Å²) in [6.07, 6.45) is 9.43. The van der Waals surface area contributed by atoms with Crippen LogP contribution in [0.3, 0.4) is 0 Å². The number of halogens is 1. The third-order valence-corrected chi connectivity index (χ3v) is 5.59. The quantitative estimate of drug-likeness (QED) is 0.648. The van der Waals surface area contributed by atoms with E-state index in [-0.39, 0.29) is 11.6 Å². The van der Waals surface area contributed by atoms with Gasteiger partial charge in [0.05, 0.1) is 28.8 Å². The molecule has 3 aromatic rings. The molecule has 2 N–H and O–H groups in total. The fourth-order valence-electron chi connectivity index (χ4n) is 3.55. The number of hydrogen-bond donors (Lipinski definition) is 2. The van der Waals surface area contributed by atoms with Crippen LogP contribution in [0.2, 0.25) is 5.02 Å². The first-order valence-corrected chi connectivity index (χ1v) is 10.2. The summed E-state index contributed by atoms with van der Waals surface area (Å²) in [7, 11) is 0. The average Bonchev–Trinajstić information content (AvgIpc) is 3.41. The number of aryl methyl sites for hydroxylation is 1. The van der Waals surface area contributed by atoms with Crippen molar-refractivity contribution in [2.75, 3.05) is 29.9 Å². The van der Waals surface area contributed by atoms with Crippen LogP contribution in [-0.2, 0) is 0 Å². The van der Waals surface area contributed by atoms with Crippen LogP contribution in [0.4, 0.5) is 11.5 Å². The number of anilines is 2. The second kappa shape index (κ2) is 7.27. The number of pyridine rings is 1. The Labute approximate surface area is 173 Å². The summed E-state index contributed by atoms with van der Waals surface area (Å²) in [5.74, 6) is 1.14. The minimum Gasteiger partial charge on any atom is -0.355 e. The van der Waals surface area contributed by atoms with E-state index >= 15 is 0 Å². The van der Waals surface area contributed by atoms with Gasteiger partial charge in [0, 0.05) is 44.0 Å². The molecule has 0 bridgehead atoms. The molecule has 0 atom stereocenters. The van der Waals surface area contributed by atoms with Crippen LogP contribution in [0.1, 0.15) is 29.0 Å². The van der Waals surface area contributed by atoms with Crippen molar-refractivity contribution in [3.05, 3.63) is 47.3 Å². The van der Waals surface area contributed by atoms with Gasteiger partial charge in [0.1, 0.15) is 11.5 Å². The van der Waals surface area contributed by atoms with Crippen molar-refractivity contribution in [3.63, 3.8) is 0 Å². The number of hydrogen-bond acceptors (Lipinski definition) is 6. The molecule has 8 nitrogen and oxygen atoms in total. The smallest absolute Gasteiger partial charge is 0.275 e. The van der Waals surface area contributed by atoms with E-state index in [2.05, 4.69) is 30.5 Å². The molecule has 5 rings (SSSR count). The van der Waals surface area contributed by atoms with Crippen molar-refractivity contribution in [2.24, 2.45) is 5.92 Å². The highest BCUT2D eigenvalue weighted by Crippen LogP contribution is 2.25. The predicted octanol–water partition coefficient (Wildman–Crippen LogP) is 2.53. The van der Waals surface area contributed by atoms with E-state index < -0.39 is 0 Å². The van der Waals surface area contributed by atoms with Crippen molar-refractivity contribution < 1.29 is 4.79 Å². The van der Waals surface area contributed by atoms with Gasteiger partial charge in [-0.05, 0) is 25.8 Å². The first kappa shape index (κ1) is 18.3. The van der Waals surface area contributed by atoms with Crippen LogP contribution in [0.15, 0.2) is 30.9 Å². The summed E-state index contributed by atoms with van der Waals surface area (Å²) in [6.45, 7) is 4.91. The van der Waals surface area contributed by atoms with Crippen LogP contribution in [0.25, 0.3) is 5.65 Å². The standard InChI is InChI=1S/C20H22ClN7O/c1-12-8-28-11-15(4-16(21)19(28)25-12)26-20(29)17-6-24-18(7-23-17)27-9-13(10-27)5-22-14-2-3-14/h4,6-8,11,13-14,22H,2-3,5,9-10H2,1H3,(H,26,29). The molecule has 2 aliphatic rings. The van der Waals surface area contributed by atoms with E-state index in [1.165, 1.54) is 19.0 Å². The molecule has 150 valence electrons. The monoisotopic (exact) mass is 411 g/mol. The second-order valence-electron chi connectivity index (χ2n) is 7.86. The minimum absolute atomic E-state index is 0.263. The lowest BCUT2D eigenvalue weighted by atomic mass is 10.0. The number of nitrogens with zero attached hydrogens (tertiary/aromatic N) is 5. The Balaban J connectivity index is 1.20. The number of imidazole rings is 1. The Hall–Kier alpha value is -2.71. The maximum atomic E-state index is 12.5. The lowest BCUT2D eigenvalue weighted by molar-refractivity contribution is 0.102. The van der Waals surface area contributed by atoms with Gasteiger partial charge in [-0.15, -0.1) is 0 Å². The highest BCUT2D eigenvalue weighted by molar-refractivity contribution is 6.33. The van der Waals surface area contributed by atoms with Gasteiger partial charge >= 0.3 is 0 Å². The molecule has 1 aliphatic carbocycles. The molecule has 1 aliphatic heterocycles. The topological polar surface area (TPSA) is 87.5 Å². The number of aromatic nitrogens is 4. The Kier molecular flexibility index (Phi) is 4.60. The van der Waals surface area contributed by atoms with Gasteiger partial charge in [-0.25, -0.2) is 15.0 Å². The van der Waals surface area contributed by atoms with E-state index in [1.807, 2.05) is 13.1 Å². The summed E-state index contributed by atoms with van der Waals surface area (Å²) in [5, 5.41) is 6.86. The van der Waals surface area contributed by atoms with Crippen LogP contribution in [0.5, 0.6) is 0 Å². The molecule has 1 amide bonds. The molecule has 0 spiro atoms. The summed E-state index contributed by atoms with van der Waals surface area (Å²) < 4.78 is 1.79. The molecule has 29 heavy (non-hydrogen) atoms. The number of nitrogens with one attached hydrogen (secondary N) is 2. The fourth-order valence-corrected chi connectivity index (χ4v) is 3.81. The van der Waals surface area contributed by atoms with Crippen molar-refractivity contribution >= 4 is 34.7 Å².